The van der Waals surface area contributed by atoms with Crippen LogP contribution in [0.3, 0.4) is 0 Å². The van der Waals surface area contributed by atoms with Crippen LogP contribution in [0.4, 0.5) is 11.5 Å². The van der Waals surface area contributed by atoms with Crippen molar-refractivity contribution in [3.63, 3.8) is 0 Å². The van der Waals surface area contributed by atoms with Gasteiger partial charge >= 0.3 is 11.7 Å². The second-order valence-corrected chi connectivity index (χ2v) is 8.75. The van der Waals surface area contributed by atoms with E-state index < -0.39 is 16.3 Å². The van der Waals surface area contributed by atoms with E-state index in [4.69, 9.17) is 16.3 Å². The molecule has 1 aliphatic carbocycles. The Labute approximate surface area is 196 Å². The number of piperazine rings is 1. The number of hydrogen-bond acceptors (Lipinski definition) is 9. The van der Waals surface area contributed by atoms with Crippen molar-refractivity contribution in [2.24, 2.45) is 0 Å². The lowest BCUT2D eigenvalue weighted by atomic mass is 9.67. The molecule has 1 aromatic heterocycles. The Kier molecular flexibility index (Phi) is 6.78. The number of aryl methyl sites for hydroxylation is 1. The average molecular weight is 476 g/mol. The van der Waals surface area contributed by atoms with Gasteiger partial charge in [0.25, 0.3) is 0 Å². The van der Waals surface area contributed by atoms with Crippen LogP contribution in [0.2, 0.25) is 5.28 Å². The van der Waals surface area contributed by atoms with Gasteiger partial charge in [0.1, 0.15) is 5.69 Å². The van der Waals surface area contributed by atoms with Gasteiger partial charge in [-0.3, -0.25) is 14.9 Å². The molecule has 0 radical (unpaired) electrons. The fourth-order valence-corrected chi connectivity index (χ4v) is 5.18. The van der Waals surface area contributed by atoms with Crippen LogP contribution >= 0.6 is 11.6 Å². The molecular formula is C22H26ClN5O5. The number of nitro groups is 1. The minimum Gasteiger partial charge on any atom is -0.468 e. The number of anilines is 1. The number of hydrogen-bond donors (Lipinski definition) is 2. The van der Waals surface area contributed by atoms with Crippen molar-refractivity contribution < 1.29 is 19.6 Å². The van der Waals surface area contributed by atoms with Gasteiger partial charge in [-0.1, -0.05) is 24.3 Å². The standard InChI is InChI=1S/C22H26ClN5O5/c1-33-20(30)22(8-4-6-14-5-2-3-7-16(14)22)11-17-18(28(31)32)19(26-21(23)25-17)27-10-9-24-15(12-27)13-29/h2-3,5,7,15,24,29H,4,6,8-13H2,1H3/t15-,22?/m1/s1. The molecule has 0 bridgehead atoms. The number of halogens is 1. The topological polar surface area (TPSA) is 131 Å². The third-order valence-corrected chi connectivity index (χ3v) is 6.67. The van der Waals surface area contributed by atoms with Gasteiger partial charge in [-0.15, -0.1) is 0 Å². The number of ether oxygens (including phenoxy) is 1. The number of rotatable bonds is 6. The van der Waals surface area contributed by atoms with Crippen LogP contribution in [0.1, 0.15) is 29.7 Å². The quantitative estimate of drug-likeness (QED) is 0.278. The molecule has 2 aromatic rings. The van der Waals surface area contributed by atoms with Crippen LogP contribution in [-0.4, -0.2) is 65.4 Å². The van der Waals surface area contributed by atoms with E-state index in [9.17, 15) is 20.0 Å². The summed E-state index contributed by atoms with van der Waals surface area (Å²) >= 11 is 6.24. The number of aliphatic hydroxyl groups excluding tert-OH is 1. The van der Waals surface area contributed by atoms with E-state index in [1.54, 1.807) is 4.90 Å². The highest BCUT2D eigenvalue weighted by Crippen LogP contribution is 2.43. The molecule has 2 heterocycles. The van der Waals surface area contributed by atoms with Crippen molar-refractivity contribution in [2.45, 2.75) is 37.1 Å². The predicted molar refractivity (Wildman–Crippen MR) is 122 cm³/mol. The second kappa shape index (κ2) is 9.58. The van der Waals surface area contributed by atoms with Gasteiger partial charge in [0.2, 0.25) is 11.1 Å². The number of fused-ring (bicyclic) bond motifs is 1. The van der Waals surface area contributed by atoms with Crippen LogP contribution in [0.15, 0.2) is 24.3 Å². The van der Waals surface area contributed by atoms with Crippen molar-refractivity contribution in [1.82, 2.24) is 15.3 Å². The van der Waals surface area contributed by atoms with Crippen molar-refractivity contribution >= 4 is 29.1 Å². The molecule has 0 saturated carbocycles. The number of esters is 1. The number of carbonyl (C=O) groups excluding carboxylic acids is 1. The first-order valence-electron chi connectivity index (χ1n) is 10.9. The number of aliphatic hydroxyl groups is 1. The van der Waals surface area contributed by atoms with Gasteiger partial charge in [0.05, 0.1) is 24.1 Å². The van der Waals surface area contributed by atoms with E-state index in [1.165, 1.54) is 7.11 Å². The van der Waals surface area contributed by atoms with Gasteiger partial charge in [-0.05, 0) is 42.0 Å². The molecule has 1 aliphatic heterocycles. The Morgan fingerprint density at radius 1 is 1.42 bits per heavy atom. The van der Waals surface area contributed by atoms with E-state index in [2.05, 4.69) is 15.3 Å². The molecule has 1 saturated heterocycles. The summed E-state index contributed by atoms with van der Waals surface area (Å²) in [6.45, 7) is 1.20. The highest BCUT2D eigenvalue weighted by Gasteiger charge is 2.47. The third kappa shape index (κ3) is 4.38. The molecule has 0 amide bonds. The summed E-state index contributed by atoms with van der Waals surface area (Å²) in [5, 5.41) is 24.8. The van der Waals surface area contributed by atoms with E-state index >= 15 is 0 Å². The van der Waals surface area contributed by atoms with Crippen LogP contribution in [-0.2, 0) is 27.8 Å². The monoisotopic (exact) mass is 475 g/mol. The first-order valence-corrected chi connectivity index (χ1v) is 11.2. The average Bonchev–Trinajstić information content (AvgIpc) is 2.83. The molecule has 33 heavy (non-hydrogen) atoms. The number of nitrogens with one attached hydrogen (secondary N) is 1. The summed E-state index contributed by atoms with van der Waals surface area (Å²) in [5.74, 6) is -0.359. The zero-order chi connectivity index (χ0) is 23.6. The normalized spacial score (nSPS) is 22.5. The van der Waals surface area contributed by atoms with Crippen molar-refractivity contribution in [2.75, 3.05) is 38.3 Å². The molecule has 1 unspecified atom stereocenters. The molecule has 2 N–H and O–H groups in total. The number of aromatic nitrogens is 2. The van der Waals surface area contributed by atoms with E-state index in [-0.39, 0.29) is 41.6 Å². The van der Waals surface area contributed by atoms with E-state index in [0.717, 1.165) is 24.0 Å². The number of nitrogens with zero attached hydrogens (tertiary/aromatic N) is 4. The number of carbonyl (C=O) groups is 1. The fraction of sp³-hybridized carbons (Fsp3) is 0.500. The Hall–Kier alpha value is -2.82. The summed E-state index contributed by atoms with van der Waals surface area (Å²) in [6.07, 6.45) is 2.00. The minimum absolute atomic E-state index is 0.0300. The SMILES string of the molecule is COC(=O)C1(Cc2nc(Cl)nc(N3CCN[C@@H](CO)C3)c2[N+](=O)[O-])CCCc2ccccc21. The smallest absolute Gasteiger partial charge is 0.332 e. The highest BCUT2D eigenvalue weighted by atomic mass is 35.5. The van der Waals surface area contributed by atoms with Gasteiger partial charge < -0.3 is 20.1 Å². The lowest BCUT2D eigenvalue weighted by Crippen LogP contribution is -2.52. The maximum absolute atomic E-state index is 13.2. The maximum atomic E-state index is 13.2. The van der Waals surface area contributed by atoms with Crippen molar-refractivity contribution in [3.05, 3.63) is 56.5 Å². The molecule has 2 aliphatic rings. The van der Waals surface area contributed by atoms with Crippen LogP contribution in [0.25, 0.3) is 0 Å². The molecular weight excluding hydrogens is 450 g/mol. The van der Waals surface area contributed by atoms with Gasteiger partial charge in [-0.2, -0.15) is 4.98 Å². The Bertz CT molecular complexity index is 1070. The Balaban J connectivity index is 1.84. The minimum atomic E-state index is -1.11. The lowest BCUT2D eigenvalue weighted by molar-refractivity contribution is -0.385. The van der Waals surface area contributed by atoms with Crippen LogP contribution in [0.5, 0.6) is 0 Å². The zero-order valence-electron chi connectivity index (χ0n) is 18.3. The molecule has 0 spiro atoms. The zero-order valence-corrected chi connectivity index (χ0v) is 19.0. The summed E-state index contributed by atoms with van der Waals surface area (Å²) in [7, 11) is 1.32. The Morgan fingerprint density at radius 2 is 2.21 bits per heavy atom. The van der Waals surface area contributed by atoms with E-state index in [1.807, 2.05) is 24.3 Å². The molecule has 1 aromatic carbocycles. The van der Waals surface area contributed by atoms with Crippen molar-refractivity contribution in [1.29, 1.82) is 0 Å². The summed E-state index contributed by atoms with van der Waals surface area (Å²) < 4.78 is 5.20. The summed E-state index contributed by atoms with van der Waals surface area (Å²) in [5.41, 5.74) is 0.530. The molecule has 176 valence electrons. The highest BCUT2D eigenvalue weighted by molar-refractivity contribution is 6.28. The van der Waals surface area contributed by atoms with Crippen molar-refractivity contribution in [3.8, 4) is 0 Å². The second-order valence-electron chi connectivity index (χ2n) is 8.41. The number of benzene rings is 1. The molecule has 2 atom stereocenters. The number of methoxy groups -OCH3 is 1. The maximum Gasteiger partial charge on any atom is 0.332 e. The summed E-state index contributed by atoms with van der Waals surface area (Å²) in [4.78, 5) is 35.1. The molecule has 4 rings (SSSR count). The third-order valence-electron chi connectivity index (χ3n) is 6.50. The molecule has 1 fully saturated rings. The molecule has 10 nitrogen and oxygen atoms in total. The summed E-state index contributed by atoms with van der Waals surface area (Å²) in [6, 6.07) is 7.36. The largest absolute Gasteiger partial charge is 0.468 e. The van der Waals surface area contributed by atoms with E-state index in [0.29, 0.717) is 26.1 Å². The lowest BCUT2D eigenvalue weighted by Gasteiger charge is -2.37. The van der Waals surface area contributed by atoms with Gasteiger partial charge in [0.15, 0.2) is 0 Å². The van der Waals surface area contributed by atoms with Gasteiger partial charge in [-0.25, -0.2) is 4.98 Å². The van der Waals surface area contributed by atoms with Crippen LogP contribution < -0.4 is 10.2 Å². The molecule has 11 heteroatoms. The fourth-order valence-electron chi connectivity index (χ4n) is 5.00. The first-order chi connectivity index (χ1) is 15.9. The van der Waals surface area contributed by atoms with Gasteiger partial charge in [0, 0.05) is 32.1 Å². The predicted octanol–water partition coefficient (Wildman–Crippen LogP) is 1.80. The Morgan fingerprint density at radius 3 is 2.94 bits per heavy atom. The first kappa shape index (κ1) is 23.3. The van der Waals surface area contributed by atoms with Crippen LogP contribution in [0, 0.1) is 10.1 Å².